The lowest BCUT2D eigenvalue weighted by molar-refractivity contribution is 0.0519. The summed E-state index contributed by atoms with van der Waals surface area (Å²) in [5.41, 5.74) is 1.61. The fourth-order valence-corrected chi connectivity index (χ4v) is 2.99. The Bertz CT molecular complexity index is 918. The summed E-state index contributed by atoms with van der Waals surface area (Å²) >= 11 is 1.32. The second-order valence-electron chi connectivity index (χ2n) is 5.32. The number of esters is 1. The van der Waals surface area contributed by atoms with E-state index in [2.05, 4.69) is 19.7 Å². The average Bonchev–Trinajstić information content (AvgIpc) is 3.22. The van der Waals surface area contributed by atoms with Crippen LogP contribution in [0.25, 0.3) is 10.2 Å². The quantitative estimate of drug-likeness (QED) is 0.674. The standard InChI is InChI=1S/C16H17N5O3S/c1-3-24-16(23)13-8-21(9-19-13)5-4-17-14(22)11-6-12-10(2)20-25-15(12)18-7-11/h6-9H,3-5H2,1-2H3,(H,17,22). The molecule has 0 radical (unpaired) electrons. The van der Waals surface area contributed by atoms with E-state index in [0.717, 1.165) is 15.9 Å². The Labute approximate surface area is 148 Å². The van der Waals surface area contributed by atoms with Crippen molar-refractivity contribution in [2.45, 2.75) is 20.4 Å². The Morgan fingerprint density at radius 3 is 3.00 bits per heavy atom. The second-order valence-corrected chi connectivity index (χ2v) is 6.07. The molecule has 0 spiro atoms. The number of fused-ring (bicyclic) bond motifs is 1. The predicted molar refractivity (Wildman–Crippen MR) is 92.7 cm³/mol. The number of hydrogen-bond acceptors (Lipinski definition) is 7. The number of nitrogens with zero attached hydrogens (tertiary/aromatic N) is 4. The van der Waals surface area contributed by atoms with E-state index in [4.69, 9.17) is 4.74 Å². The lowest BCUT2D eigenvalue weighted by Gasteiger charge is -2.06. The lowest BCUT2D eigenvalue weighted by Crippen LogP contribution is -2.27. The van der Waals surface area contributed by atoms with Crippen LogP contribution in [0, 0.1) is 6.92 Å². The number of rotatable bonds is 6. The summed E-state index contributed by atoms with van der Waals surface area (Å²) in [7, 11) is 0. The molecule has 3 aromatic rings. The first-order chi connectivity index (χ1) is 12.1. The van der Waals surface area contributed by atoms with Gasteiger partial charge in [0.05, 0.1) is 24.2 Å². The van der Waals surface area contributed by atoms with Crippen LogP contribution in [-0.4, -0.2) is 43.9 Å². The number of aryl methyl sites for hydroxylation is 1. The molecule has 0 aliphatic carbocycles. The van der Waals surface area contributed by atoms with Gasteiger partial charge in [-0.1, -0.05) is 0 Å². The minimum atomic E-state index is -0.454. The Kier molecular flexibility index (Phi) is 5.03. The van der Waals surface area contributed by atoms with Crippen LogP contribution in [0.4, 0.5) is 0 Å². The van der Waals surface area contributed by atoms with Crippen LogP contribution in [-0.2, 0) is 11.3 Å². The zero-order valence-corrected chi connectivity index (χ0v) is 14.7. The molecule has 3 aromatic heterocycles. The molecule has 3 heterocycles. The van der Waals surface area contributed by atoms with Gasteiger partial charge in [0.15, 0.2) is 5.69 Å². The summed E-state index contributed by atoms with van der Waals surface area (Å²) in [6.45, 7) is 4.83. The van der Waals surface area contributed by atoms with Crippen molar-refractivity contribution >= 4 is 33.6 Å². The van der Waals surface area contributed by atoms with Crippen molar-refractivity contribution in [2.75, 3.05) is 13.2 Å². The van der Waals surface area contributed by atoms with Crippen molar-refractivity contribution in [3.05, 3.63) is 41.7 Å². The molecule has 0 saturated carbocycles. The van der Waals surface area contributed by atoms with E-state index in [1.54, 1.807) is 30.0 Å². The highest BCUT2D eigenvalue weighted by atomic mass is 32.1. The molecular formula is C16H17N5O3S. The van der Waals surface area contributed by atoms with Crippen LogP contribution in [0.2, 0.25) is 0 Å². The van der Waals surface area contributed by atoms with E-state index in [1.807, 2.05) is 6.92 Å². The predicted octanol–water partition coefficient (Wildman–Crippen LogP) is 1.80. The molecule has 0 aliphatic heterocycles. The Hall–Kier alpha value is -2.81. The summed E-state index contributed by atoms with van der Waals surface area (Å²) in [5, 5.41) is 3.72. The van der Waals surface area contributed by atoms with Crippen molar-refractivity contribution in [1.82, 2.24) is 24.2 Å². The maximum Gasteiger partial charge on any atom is 0.358 e. The fraction of sp³-hybridized carbons (Fsp3) is 0.312. The Morgan fingerprint density at radius 1 is 1.36 bits per heavy atom. The molecule has 0 fully saturated rings. The van der Waals surface area contributed by atoms with Gasteiger partial charge >= 0.3 is 5.97 Å². The molecule has 0 bridgehead atoms. The number of carbonyl (C=O) groups excluding carboxylic acids is 2. The van der Waals surface area contributed by atoms with E-state index in [9.17, 15) is 9.59 Å². The molecule has 9 heteroatoms. The summed E-state index contributed by atoms with van der Waals surface area (Å²) < 4.78 is 10.8. The monoisotopic (exact) mass is 359 g/mol. The minimum Gasteiger partial charge on any atom is -0.461 e. The number of imidazole rings is 1. The number of nitrogens with one attached hydrogen (secondary N) is 1. The molecule has 1 amide bonds. The number of ether oxygens (including phenoxy) is 1. The number of amides is 1. The maximum absolute atomic E-state index is 12.2. The Balaban J connectivity index is 1.57. The van der Waals surface area contributed by atoms with Gasteiger partial charge in [0.1, 0.15) is 4.83 Å². The summed E-state index contributed by atoms with van der Waals surface area (Å²) in [5.74, 6) is -0.657. The number of aromatic nitrogens is 4. The van der Waals surface area contributed by atoms with Crippen molar-refractivity contribution in [1.29, 1.82) is 0 Å². The zero-order chi connectivity index (χ0) is 17.8. The molecule has 25 heavy (non-hydrogen) atoms. The van der Waals surface area contributed by atoms with Gasteiger partial charge in [-0.05, 0) is 31.4 Å². The molecule has 0 atom stereocenters. The van der Waals surface area contributed by atoms with Crippen LogP contribution in [0.3, 0.4) is 0 Å². The van der Waals surface area contributed by atoms with Gasteiger partial charge in [-0.25, -0.2) is 14.8 Å². The number of hydrogen-bond donors (Lipinski definition) is 1. The van der Waals surface area contributed by atoms with Crippen molar-refractivity contribution < 1.29 is 14.3 Å². The van der Waals surface area contributed by atoms with E-state index in [0.29, 0.717) is 25.3 Å². The zero-order valence-electron chi connectivity index (χ0n) is 13.9. The van der Waals surface area contributed by atoms with Gasteiger partial charge in [0.2, 0.25) is 0 Å². The van der Waals surface area contributed by atoms with E-state index < -0.39 is 5.97 Å². The molecular weight excluding hydrogens is 342 g/mol. The molecule has 0 unspecified atom stereocenters. The maximum atomic E-state index is 12.2. The summed E-state index contributed by atoms with van der Waals surface area (Å²) in [6.07, 6.45) is 4.68. The van der Waals surface area contributed by atoms with Gasteiger partial charge in [-0.15, -0.1) is 0 Å². The fourth-order valence-electron chi connectivity index (χ4n) is 2.26. The number of carbonyl (C=O) groups is 2. The first-order valence-corrected chi connectivity index (χ1v) is 8.55. The largest absolute Gasteiger partial charge is 0.461 e. The minimum absolute atomic E-state index is 0.203. The van der Waals surface area contributed by atoms with Crippen molar-refractivity contribution in [3.8, 4) is 0 Å². The smallest absolute Gasteiger partial charge is 0.358 e. The third-order valence-electron chi connectivity index (χ3n) is 3.55. The first kappa shape index (κ1) is 17.0. The van der Waals surface area contributed by atoms with Crippen molar-refractivity contribution in [2.24, 2.45) is 0 Å². The molecule has 0 saturated heterocycles. The van der Waals surface area contributed by atoms with Gasteiger partial charge < -0.3 is 14.6 Å². The molecule has 8 nitrogen and oxygen atoms in total. The van der Waals surface area contributed by atoms with Crippen LogP contribution in [0.1, 0.15) is 33.5 Å². The third-order valence-corrected chi connectivity index (χ3v) is 4.41. The van der Waals surface area contributed by atoms with Gasteiger partial charge in [-0.3, -0.25) is 4.79 Å². The highest BCUT2D eigenvalue weighted by Gasteiger charge is 2.12. The Morgan fingerprint density at radius 2 is 2.20 bits per heavy atom. The lowest BCUT2D eigenvalue weighted by atomic mass is 10.2. The van der Waals surface area contributed by atoms with Crippen LogP contribution >= 0.6 is 11.5 Å². The van der Waals surface area contributed by atoms with Gasteiger partial charge in [-0.2, -0.15) is 4.37 Å². The normalized spacial score (nSPS) is 10.8. The second kappa shape index (κ2) is 7.39. The molecule has 130 valence electrons. The van der Waals surface area contributed by atoms with Crippen LogP contribution in [0.5, 0.6) is 0 Å². The molecule has 1 N–H and O–H groups in total. The van der Waals surface area contributed by atoms with Gasteiger partial charge in [0.25, 0.3) is 5.91 Å². The van der Waals surface area contributed by atoms with Crippen LogP contribution in [0.15, 0.2) is 24.8 Å². The van der Waals surface area contributed by atoms with E-state index in [-0.39, 0.29) is 11.6 Å². The average molecular weight is 359 g/mol. The van der Waals surface area contributed by atoms with Crippen molar-refractivity contribution in [3.63, 3.8) is 0 Å². The summed E-state index contributed by atoms with van der Waals surface area (Å²) in [6, 6.07) is 1.80. The highest BCUT2D eigenvalue weighted by molar-refractivity contribution is 7.12. The topological polar surface area (TPSA) is 99.0 Å². The van der Waals surface area contributed by atoms with E-state index in [1.165, 1.54) is 17.9 Å². The molecule has 3 rings (SSSR count). The summed E-state index contributed by atoms with van der Waals surface area (Å²) in [4.78, 5) is 32.9. The first-order valence-electron chi connectivity index (χ1n) is 7.77. The number of pyridine rings is 1. The molecule has 0 aromatic carbocycles. The highest BCUT2D eigenvalue weighted by Crippen LogP contribution is 2.20. The van der Waals surface area contributed by atoms with Gasteiger partial charge in [0, 0.05) is 30.9 Å². The van der Waals surface area contributed by atoms with E-state index >= 15 is 0 Å². The van der Waals surface area contributed by atoms with Crippen LogP contribution < -0.4 is 5.32 Å². The third kappa shape index (κ3) is 3.82. The SMILES string of the molecule is CCOC(=O)c1cn(CCNC(=O)c2cnc3snc(C)c3c2)cn1. The molecule has 0 aliphatic rings.